The Morgan fingerprint density at radius 2 is 1.81 bits per heavy atom. The van der Waals surface area contributed by atoms with Gasteiger partial charge < -0.3 is 10.5 Å². The lowest BCUT2D eigenvalue weighted by Gasteiger charge is -2.08. The monoisotopic (exact) mass is 306 g/mol. The van der Waals surface area contributed by atoms with Gasteiger partial charge in [-0.05, 0) is 35.4 Å². The number of nitrogens with two attached hydrogens (primary N) is 1. The second-order valence-electron chi connectivity index (χ2n) is 4.67. The molecule has 3 N–H and O–H groups in total. The van der Waals surface area contributed by atoms with Crippen molar-refractivity contribution in [1.29, 1.82) is 0 Å². The number of nitrogen functional groups attached to an aromatic ring is 1. The molecule has 0 spiro atoms. The van der Waals surface area contributed by atoms with Crippen LogP contribution in [0.15, 0.2) is 48.5 Å². The average Bonchev–Trinajstić information content (AvgIpc) is 2.45. The molecule has 5 nitrogen and oxygen atoms in total. The van der Waals surface area contributed by atoms with Crippen LogP contribution in [-0.2, 0) is 22.3 Å². The quantitative estimate of drug-likeness (QED) is 0.799. The maximum atomic E-state index is 12.0. The standard InChI is InChI=1S/C15H18N2O3S/c1-20-15-7-5-12(6-8-15)10-17-21(18,19)11-13-3-2-4-14(16)9-13/h2-9,17H,10-11,16H2,1H3. The number of sulfonamides is 1. The van der Waals surface area contributed by atoms with Gasteiger partial charge in [0, 0.05) is 12.2 Å². The molecule has 0 unspecified atom stereocenters. The van der Waals surface area contributed by atoms with Crippen LogP contribution in [0.1, 0.15) is 11.1 Å². The Morgan fingerprint density at radius 3 is 2.43 bits per heavy atom. The van der Waals surface area contributed by atoms with Gasteiger partial charge in [-0.25, -0.2) is 13.1 Å². The van der Waals surface area contributed by atoms with Gasteiger partial charge in [0.25, 0.3) is 0 Å². The normalized spacial score (nSPS) is 11.3. The first-order valence-electron chi connectivity index (χ1n) is 6.43. The summed E-state index contributed by atoms with van der Waals surface area (Å²) in [5.41, 5.74) is 7.73. The zero-order valence-electron chi connectivity index (χ0n) is 11.7. The summed E-state index contributed by atoms with van der Waals surface area (Å²) in [6.45, 7) is 0.245. The van der Waals surface area contributed by atoms with E-state index in [0.29, 0.717) is 11.3 Å². The lowest BCUT2D eigenvalue weighted by Crippen LogP contribution is -2.24. The van der Waals surface area contributed by atoms with Crippen LogP contribution in [0, 0.1) is 0 Å². The molecule has 112 valence electrons. The van der Waals surface area contributed by atoms with Gasteiger partial charge in [0.15, 0.2) is 0 Å². The minimum absolute atomic E-state index is 0.0891. The highest BCUT2D eigenvalue weighted by atomic mass is 32.2. The number of nitrogens with one attached hydrogen (secondary N) is 1. The van der Waals surface area contributed by atoms with E-state index in [0.717, 1.165) is 11.3 Å². The number of anilines is 1. The Morgan fingerprint density at radius 1 is 1.10 bits per heavy atom. The Kier molecular flexibility index (Phi) is 4.82. The van der Waals surface area contributed by atoms with Crippen molar-refractivity contribution in [2.45, 2.75) is 12.3 Å². The molecule has 0 fully saturated rings. The van der Waals surface area contributed by atoms with Gasteiger partial charge in [0.2, 0.25) is 10.0 Å². The van der Waals surface area contributed by atoms with Gasteiger partial charge in [-0.15, -0.1) is 0 Å². The van der Waals surface area contributed by atoms with E-state index < -0.39 is 10.0 Å². The molecule has 0 saturated heterocycles. The van der Waals surface area contributed by atoms with Crippen molar-refractivity contribution < 1.29 is 13.2 Å². The fourth-order valence-corrected chi connectivity index (χ4v) is 3.00. The molecule has 0 aliphatic carbocycles. The fourth-order valence-electron chi connectivity index (χ4n) is 1.89. The molecule has 0 aliphatic rings. The molecule has 0 aliphatic heterocycles. The molecule has 0 heterocycles. The van der Waals surface area contributed by atoms with Crippen LogP contribution in [0.25, 0.3) is 0 Å². The van der Waals surface area contributed by atoms with Crippen molar-refractivity contribution in [3.05, 3.63) is 59.7 Å². The number of rotatable bonds is 6. The van der Waals surface area contributed by atoms with Gasteiger partial charge in [0.1, 0.15) is 5.75 Å². The van der Waals surface area contributed by atoms with Gasteiger partial charge >= 0.3 is 0 Å². The van der Waals surface area contributed by atoms with Crippen molar-refractivity contribution in [3.8, 4) is 5.75 Å². The van der Waals surface area contributed by atoms with E-state index in [1.54, 1.807) is 43.5 Å². The predicted molar refractivity (Wildman–Crippen MR) is 83.3 cm³/mol. The van der Waals surface area contributed by atoms with Crippen LogP contribution in [0.4, 0.5) is 5.69 Å². The van der Waals surface area contributed by atoms with E-state index in [1.807, 2.05) is 12.1 Å². The summed E-state index contributed by atoms with van der Waals surface area (Å²) >= 11 is 0. The van der Waals surface area contributed by atoms with E-state index in [2.05, 4.69) is 4.72 Å². The summed E-state index contributed by atoms with van der Waals surface area (Å²) in [6, 6.07) is 14.1. The van der Waals surface area contributed by atoms with E-state index in [1.165, 1.54) is 0 Å². The molecule has 6 heteroatoms. The fraction of sp³-hybridized carbons (Fsp3) is 0.200. The molecule has 0 amide bonds. The van der Waals surface area contributed by atoms with Crippen LogP contribution < -0.4 is 15.2 Å². The SMILES string of the molecule is COc1ccc(CNS(=O)(=O)Cc2cccc(N)c2)cc1. The first-order valence-corrected chi connectivity index (χ1v) is 8.08. The third-order valence-corrected chi connectivity index (χ3v) is 4.26. The van der Waals surface area contributed by atoms with Crippen molar-refractivity contribution in [2.75, 3.05) is 12.8 Å². The van der Waals surface area contributed by atoms with Crippen LogP contribution in [0.5, 0.6) is 5.75 Å². The van der Waals surface area contributed by atoms with Crippen LogP contribution in [0.3, 0.4) is 0 Å². The zero-order valence-corrected chi connectivity index (χ0v) is 12.6. The molecule has 2 aromatic carbocycles. The molecule has 21 heavy (non-hydrogen) atoms. The second kappa shape index (κ2) is 6.60. The van der Waals surface area contributed by atoms with Gasteiger partial charge in [0.05, 0.1) is 12.9 Å². The molecule has 0 saturated carbocycles. The maximum absolute atomic E-state index is 12.0. The summed E-state index contributed by atoms with van der Waals surface area (Å²) < 4.78 is 31.7. The number of hydrogen-bond donors (Lipinski definition) is 2. The molecular formula is C15H18N2O3S. The van der Waals surface area contributed by atoms with Crippen LogP contribution >= 0.6 is 0 Å². The first kappa shape index (κ1) is 15.3. The summed E-state index contributed by atoms with van der Waals surface area (Å²) in [7, 11) is -1.82. The number of hydrogen-bond acceptors (Lipinski definition) is 4. The van der Waals surface area contributed by atoms with Gasteiger partial charge in [-0.3, -0.25) is 0 Å². The molecule has 0 atom stereocenters. The number of ether oxygens (including phenoxy) is 1. The van der Waals surface area contributed by atoms with Crippen LogP contribution in [-0.4, -0.2) is 15.5 Å². The van der Waals surface area contributed by atoms with Gasteiger partial charge in [-0.1, -0.05) is 24.3 Å². The molecule has 2 aromatic rings. The van der Waals surface area contributed by atoms with E-state index in [9.17, 15) is 8.42 Å². The average molecular weight is 306 g/mol. The van der Waals surface area contributed by atoms with Crippen molar-refractivity contribution >= 4 is 15.7 Å². The Bertz CT molecular complexity index is 697. The molecular weight excluding hydrogens is 288 g/mol. The summed E-state index contributed by atoms with van der Waals surface area (Å²) in [6.07, 6.45) is 0. The van der Waals surface area contributed by atoms with Gasteiger partial charge in [-0.2, -0.15) is 0 Å². The minimum atomic E-state index is -3.40. The van der Waals surface area contributed by atoms with Crippen molar-refractivity contribution in [2.24, 2.45) is 0 Å². The highest BCUT2D eigenvalue weighted by Gasteiger charge is 2.11. The van der Waals surface area contributed by atoms with Crippen LogP contribution in [0.2, 0.25) is 0 Å². The topological polar surface area (TPSA) is 81.4 Å². The summed E-state index contributed by atoms with van der Waals surface area (Å²) in [5, 5.41) is 0. The highest BCUT2D eigenvalue weighted by Crippen LogP contribution is 2.12. The predicted octanol–water partition coefficient (Wildman–Crippen LogP) is 1.90. The third kappa shape index (κ3) is 4.77. The molecule has 0 radical (unpaired) electrons. The summed E-state index contributed by atoms with van der Waals surface area (Å²) in [4.78, 5) is 0. The van der Waals surface area contributed by atoms with Crippen molar-refractivity contribution in [1.82, 2.24) is 4.72 Å². The van der Waals surface area contributed by atoms with E-state index in [4.69, 9.17) is 10.5 Å². The lowest BCUT2D eigenvalue weighted by molar-refractivity contribution is 0.414. The Labute approximate surface area is 124 Å². The molecule has 2 rings (SSSR count). The van der Waals surface area contributed by atoms with E-state index >= 15 is 0 Å². The summed E-state index contributed by atoms with van der Waals surface area (Å²) in [5.74, 6) is 0.648. The number of methoxy groups -OCH3 is 1. The second-order valence-corrected chi connectivity index (χ2v) is 6.48. The maximum Gasteiger partial charge on any atom is 0.216 e. The van der Waals surface area contributed by atoms with Crippen molar-refractivity contribution in [3.63, 3.8) is 0 Å². The lowest BCUT2D eigenvalue weighted by atomic mass is 10.2. The zero-order chi connectivity index (χ0) is 15.3. The third-order valence-electron chi connectivity index (χ3n) is 2.96. The van der Waals surface area contributed by atoms with E-state index in [-0.39, 0.29) is 12.3 Å². The Balaban J connectivity index is 1.97. The molecule has 0 bridgehead atoms. The highest BCUT2D eigenvalue weighted by molar-refractivity contribution is 7.88. The smallest absolute Gasteiger partial charge is 0.216 e. The minimum Gasteiger partial charge on any atom is -0.497 e. The first-order chi connectivity index (χ1) is 9.98. The number of benzene rings is 2. The largest absolute Gasteiger partial charge is 0.497 e. The Hall–Kier alpha value is -2.05. The molecule has 0 aromatic heterocycles.